The maximum absolute atomic E-state index is 13.7. The minimum absolute atomic E-state index is 0.0698. The molecule has 0 aliphatic carbocycles. The van der Waals surface area contributed by atoms with Crippen molar-refractivity contribution in [3.05, 3.63) is 64.4 Å². The lowest BCUT2D eigenvalue weighted by atomic mass is 10.1. The summed E-state index contributed by atoms with van der Waals surface area (Å²) in [4.78, 5) is 26.4. The first-order valence-corrected chi connectivity index (χ1v) is 10.1. The molecule has 2 unspecified atom stereocenters. The van der Waals surface area contributed by atoms with Crippen LogP contribution in [0.5, 0.6) is 0 Å². The lowest BCUT2D eigenvalue weighted by Gasteiger charge is -2.35. The van der Waals surface area contributed by atoms with Crippen molar-refractivity contribution in [2.45, 2.75) is 32.6 Å². The van der Waals surface area contributed by atoms with Crippen LogP contribution in [-0.2, 0) is 20.8 Å². The highest BCUT2D eigenvalue weighted by Gasteiger charge is 2.22. The van der Waals surface area contributed by atoms with Gasteiger partial charge in [-0.1, -0.05) is 23.7 Å². The molecule has 6 nitrogen and oxygen atoms in total. The Bertz CT molecular complexity index is 897. The Balaban J connectivity index is 1.49. The van der Waals surface area contributed by atoms with Gasteiger partial charge in [-0.3, -0.25) is 9.69 Å². The molecule has 2 aromatic rings. The van der Waals surface area contributed by atoms with E-state index in [1.54, 1.807) is 12.1 Å². The molecule has 0 bridgehead atoms. The number of benzene rings is 2. The van der Waals surface area contributed by atoms with Crippen molar-refractivity contribution in [2.75, 3.05) is 25.0 Å². The molecular formula is C22H24ClFN2O4. The van der Waals surface area contributed by atoms with Crippen molar-refractivity contribution in [2.24, 2.45) is 0 Å². The van der Waals surface area contributed by atoms with Gasteiger partial charge >= 0.3 is 5.97 Å². The number of esters is 1. The molecule has 1 aliphatic heterocycles. The molecule has 1 amide bonds. The lowest BCUT2D eigenvalue weighted by molar-refractivity contribution is -0.119. The van der Waals surface area contributed by atoms with Gasteiger partial charge in [0.1, 0.15) is 5.82 Å². The van der Waals surface area contributed by atoms with Crippen LogP contribution in [0.3, 0.4) is 0 Å². The Kier molecular flexibility index (Phi) is 7.42. The maximum atomic E-state index is 13.7. The molecule has 1 saturated heterocycles. The van der Waals surface area contributed by atoms with E-state index in [2.05, 4.69) is 24.1 Å². The van der Waals surface area contributed by atoms with Crippen molar-refractivity contribution in [3.63, 3.8) is 0 Å². The van der Waals surface area contributed by atoms with Gasteiger partial charge in [0.25, 0.3) is 5.91 Å². The molecule has 1 aliphatic rings. The zero-order valence-electron chi connectivity index (χ0n) is 16.9. The Hall–Kier alpha value is -2.48. The number of nitrogens with zero attached hydrogens (tertiary/aromatic N) is 1. The van der Waals surface area contributed by atoms with Crippen molar-refractivity contribution in [3.8, 4) is 0 Å². The first kappa shape index (κ1) is 22.2. The number of morpholine rings is 1. The second-order valence-electron chi connectivity index (χ2n) is 7.40. The normalized spacial score (nSPS) is 19.3. The molecule has 30 heavy (non-hydrogen) atoms. The van der Waals surface area contributed by atoms with E-state index >= 15 is 0 Å². The van der Waals surface area contributed by atoms with Crippen molar-refractivity contribution in [1.29, 1.82) is 0 Å². The van der Waals surface area contributed by atoms with Gasteiger partial charge in [-0.2, -0.15) is 0 Å². The molecule has 160 valence electrons. The summed E-state index contributed by atoms with van der Waals surface area (Å²) in [7, 11) is 0. The van der Waals surface area contributed by atoms with Gasteiger partial charge in [0.2, 0.25) is 0 Å². The third-order valence-corrected chi connectivity index (χ3v) is 4.86. The third kappa shape index (κ3) is 6.26. The van der Waals surface area contributed by atoms with Gasteiger partial charge in [0.05, 0.1) is 23.5 Å². The van der Waals surface area contributed by atoms with Crippen molar-refractivity contribution in [1.82, 2.24) is 4.90 Å². The number of nitrogens with one attached hydrogen (secondary N) is 1. The fraction of sp³-hybridized carbons (Fsp3) is 0.364. The first-order valence-electron chi connectivity index (χ1n) is 9.69. The number of anilines is 1. The summed E-state index contributed by atoms with van der Waals surface area (Å²) < 4.78 is 24.4. The fourth-order valence-electron chi connectivity index (χ4n) is 3.41. The average molecular weight is 435 g/mol. The molecule has 0 spiro atoms. The number of halogens is 2. The molecule has 1 fully saturated rings. The number of hydrogen-bond acceptors (Lipinski definition) is 5. The first-order chi connectivity index (χ1) is 14.3. The van der Waals surface area contributed by atoms with Crippen LogP contribution in [-0.4, -0.2) is 48.7 Å². The quantitative estimate of drug-likeness (QED) is 0.699. The molecular weight excluding hydrogens is 411 g/mol. The molecule has 2 atom stereocenters. The zero-order valence-corrected chi connectivity index (χ0v) is 17.6. The Morgan fingerprint density at radius 3 is 2.50 bits per heavy atom. The lowest BCUT2D eigenvalue weighted by Crippen LogP contribution is -2.44. The van der Waals surface area contributed by atoms with E-state index in [9.17, 15) is 14.0 Å². The van der Waals surface area contributed by atoms with E-state index in [4.69, 9.17) is 21.1 Å². The minimum atomic E-state index is -0.656. The molecule has 1 heterocycles. The standard InChI is InChI=1S/C22H24ClFN2O4/c1-14-10-26(11-15(2)30-14)12-16-3-5-17(6-4-16)22(28)29-13-21(27)25-20-9-18(23)7-8-19(20)24/h3-9,14-15H,10-13H2,1-2H3,(H,25,27). The Morgan fingerprint density at radius 2 is 1.83 bits per heavy atom. The molecule has 0 saturated carbocycles. The van der Waals surface area contributed by atoms with E-state index in [-0.39, 0.29) is 22.9 Å². The van der Waals surface area contributed by atoms with Gasteiger partial charge in [-0.25, -0.2) is 9.18 Å². The summed E-state index contributed by atoms with van der Waals surface area (Å²) in [6, 6.07) is 10.9. The third-order valence-electron chi connectivity index (χ3n) is 4.63. The Morgan fingerprint density at radius 1 is 1.17 bits per heavy atom. The van der Waals surface area contributed by atoms with Crippen molar-refractivity contribution < 1.29 is 23.5 Å². The topological polar surface area (TPSA) is 67.9 Å². The number of carbonyl (C=O) groups excluding carboxylic acids is 2. The van der Waals surface area contributed by atoms with Crippen LogP contribution in [0, 0.1) is 5.82 Å². The van der Waals surface area contributed by atoms with Crippen LogP contribution in [0.4, 0.5) is 10.1 Å². The summed E-state index contributed by atoms with van der Waals surface area (Å²) in [5, 5.41) is 2.61. The fourth-order valence-corrected chi connectivity index (χ4v) is 3.58. The largest absolute Gasteiger partial charge is 0.452 e. The predicted molar refractivity (Wildman–Crippen MR) is 112 cm³/mol. The number of carbonyl (C=O) groups is 2. The second kappa shape index (κ2) is 10.0. The van der Waals surface area contributed by atoms with Gasteiger partial charge in [0, 0.05) is 24.7 Å². The van der Waals surface area contributed by atoms with Gasteiger partial charge in [0.15, 0.2) is 6.61 Å². The van der Waals surface area contributed by atoms with Crippen molar-refractivity contribution >= 4 is 29.2 Å². The van der Waals surface area contributed by atoms with E-state index in [1.807, 2.05) is 12.1 Å². The summed E-state index contributed by atoms with van der Waals surface area (Å²) in [5.74, 6) is -1.91. The monoisotopic (exact) mass is 434 g/mol. The smallest absolute Gasteiger partial charge is 0.338 e. The highest BCUT2D eigenvalue weighted by molar-refractivity contribution is 6.30. The molecule has 8 heteroatoms. The number of ether oxygens (including phenoxy) is 2. The summed E-state index contributed by atoms with van der Waals surface area (Å²) in [5.41, 5.74) is 1.34. The average Bonchev–Trinajstić information content (AvgIpc) is 2.69. The van der Waals surface area contributed by atoms with Gasteiger partial charge < -0.3 is 14.8 Å². The SMILES string of the molecule is CC1CN(Cc2ccc(C(=O)OCC(=O)Nc3cc(Cl)ccc3F)cc2)CC(C)O1. The van der Waals surface area contributed by atoms with Crippen LogP contribution in [0.25, 0.3) is 0 Å². The Labute approximate surface area is 179 Å². The predicted octanol–water partition coefficient (Wildman–Crippen LogP) is 3.88. The van der Waals surface area contributed by atoms with E-state index in [0.29, 0.717) is 5.56 Å². The molecule has 2 aromatic carbocycles. The summed E-state index contributed by atoms with van der Waals surface area (Å²) in [6.45, 7) is 6.06. The van der Waals surface area contributed by atoms with E-state index in [1.165, 1.54) is 12.1 Å². The van der Waals surface area contributed by atoms with Crippen LogP contribution >= 0.6 is 11.6 Å². The second-order valence-corrected chi connectivity index (χ2v) is 7.83. The number of rotatable bonds is 6. The number of hydrogen-bond donors (Lipinski definition) is 1. The van der Waals surface area contributed by atoms with Gasteiger partial charge in [-0.05, 0) is 49.7 Å². The molecule has 0 radical (unpaired) electrons. The van der Waals surface area contributed by atoms with E-state index < -0.39 is 24.3 Å². The molecule has 1 N–H and O–H groups in total. The number of amides is 1. The maximum Gasteiger partial charge on any atom is 0.338 e. The zero-order chi connectivity index (χ0) is 21.7. The van der Waals surface area contributed by atoms with Crippen LogP contribution < -0.4 is 5.32 Å². The summed E-state index contributed by atoms with van der Waals surface area (Å²) in [6.07, 6.45) is 0.379. The van der Waals surface area contributed by atoms with E-state index in [0.717, 1.165) is 31.3 Å². The molecule has 0 aromatic heterocycles. The highest BCUT2D eigenvalue weighted by atomic mass is 35.5. The highest BCUT2D eigenvalue weighted by Crippen LogP contribution is 2.19. The minimum Gasteiger partial charge on any atom is -0.452 e. The molecule has 3 rings (SSSR count). The summed E-state index contributed by atoms with van der Waals surface area (Å²) >= 11 is 5.78. The van der Waals surface area contributed by atoms with Crippen LogP contribution in [0.1, 0.15) is 29.8 Å². The van der Waals surface area contributed by atoms with Crippen LogP contribution in [0.15, 0.2) is 42.5 Å². The van der Waals surface area contributed by atoms with Gasteiger partial charge in [-0.15, -0.1) is 0 Å². The van der Waals surface area contributed by atoms with Crippen LogP contribution in [0.2, 0.25) is 5.02 Å².